The lowest BCUT2D eigenvalue weighted by Gasteiger charge is -2.18. The molecule has 1 unspecified atom stereocenters. The predicted molar refractivity (Wildman–Crippen MR) is 118 cm³/mol. The summed E-state index contributed by atoms with van der Waals surface area (Å²) in [4.78, 5) is 9.19. The van der Waals surface area contributed by atoms with Crippen molar-refractivity contribution in [1.29, 1.82) is 0 Å². The Bertz CT molecular complexity index is 1320. The molecule has 0 spiro atoms. The largest absolute Gasteiger partial charge is 0.493 e. The average Bonchev–Trinajstić information content (AvgIpc) is 3.10. The number of halogens is 3. The van der Waals surface area contributed by atoms with E-state index in [1.165, 1.54) is 3.97 Å². The van der Waals surface area contributed by atoms with Crippen LogP contribution in [0.5, 0.6) is 11.5 Å². The van der Waals surface area contributed by atoms with Crippen LogP contribution in [0.3, 0.4) is 0 Å². The molecule has 0 fully saturated rings. The Morgan fingerprint density at radius 3 is 2.50 bits per heavy atom. The summed E-state index contributed by atoms with van der Waals surface area (Å²) < 4.78 is 71.1. The number of aliphatic carboxylic acids is 1. The smallest absolute Gasteiger partial charge is 0.490 e. The van der Waals surface area contributed by atoms with Gasteiger partial charge < -0.3 is 19.9 Å². The molecule has 1 aliphatic heterocycles. The van der Waals surface area contributed by atoms with Crippen LogP contribution in [-0.2, 0) is 14.8 Å². The van der Waals surface area contributed by atoms with Crippen molar-refractivity contribution in [1.82, 2.24) is 9.29 Å². The fraction of sp³-hybridized carbons (Fsp3) is 0.318. The molecular formula is C22H23F3N2O6S. The second kappa shape index (κ2) is 9.55. The van der Waals surface area contributed by atoms with Crippen molar-refractivity contribution in [2.75, 3.05) is 20.3 Å². The maximum absolute atomic E-state index is 13.3. The molecule has 1 aliphatic rings. The van der Waals surface area contributed by atoms with Crippen molar-refractivity contribution >= 4 is 26.9 Å². The monoisotopic (exact) mass is 500 g/mol. The normalized spacial score (nSPS) is 16.0. The van der Waals surface area contributed by atoms with E-state index in [9.17, 15) is 21.6 Å². The molecule has 0 saturated carbocycles. The number of aromatic nitrogens is 1. The molecule has 8 nitrogen and oxygen atoms in total. The van der Waals surface area contributed by atoms with Crippen LogP contribution in [0.2, 0.25) is 0 Å². The Morgan fingerprint density at radius 2 is 1.91 bits per heavy atom. The van der Waals surface area contributed by atoms with Crippen molar-refractivity contribution in [2.45, 2.75) is 31.0 Å². The number of nitrogens with one attached hydrogen (secondary N) is 1. The number of carbonyl (C=O) groups is 1. The van der Waals surface area contributed by atoms with Gasteiger partial charge in [-0.15, -0.1) is 0 Å². The molecule has 0 bridgehead atoms. The number of hydrogen-bond donors (Lipinski definition) is 2. The van der Waals surface area contributed by atoms with Crippen LogP contribution < -0.4 is 14.8 Å². The first-order valence-corrected chi connectivity index (χ1v) is 11.5. The second-order valence-electron chi connectivity index (χ2n) is 7.46. The molecule has 0 aliphatic carbocycles. The van der Waals surface area contributed by atoms with Crippen molar-refractivity contribution < 1.29 is 41.0 Å². The van der Waals surface area contributed by atoms with Gasteiger partial charge in [0, 0.05) is 35.8 Å². The minimum Gasteiger partial charge on any atom is -0.493 e. The summed E-state index contributed by atoms with van der Waals surface area (Å²) in [6.07, 6.45) is -3.48. The van der Waals surface area contributed by atoms with E-state index in [2.05, 4.69) is 5.32 Å². The van der Waals surface area contributed by atoms with Crippen molar-refractivity contribution in [3.8, 4) is 11.5 Å². The van der Waals surface area contributed by atoms with E-state index in [1.807, 2.05) is 19.1 Å². The Kier molecular flexibility index (Phi) is 7.13. The minimum atomic E-state index is -5.08. The SMILES string of the molecule is COc1cc2c(ccn2S(=O)(=O)c2ccccc2C)c2c1OCCNC2C.O=C(O)C(F)(F)F. The molecule has 0 amide bonds. The standard InChI is InChI=1S/C20H22N2O4S.C2HF3O2/c1-13-6-4-5-7-18(13)27(23,24)22-10-8-15-16(22)12-17(25-3)20-19(15)14(2)21-9-11-26-20;3-2(4,5)1(6)7/h4-8,10,12,14,21H,9,11H2,1-3H3;(H,6,7). The fourth-order valence-electron chi connectivity index (χ4n) is 3.66. The molecule has 2 heterocycles. The van der Waals surface area contributed by atoms with Gasteiger partial charge in [-0.1, -0.05) is 18.2 Å². The zero-order valence-electron chi connectivity index (χ0n) is 18.5. The summed E-state index contributed by atoms with van der Waals surface area (Å²) in [6.45, 7) is 5.08. The highest BCUT2D eigenvalue weighted by atomic mass is 32.2. The number of benzene rings is 2. The first-order chi connectivity index (χ1) is 15.9. The van der Waals surface area contributed by atoms with Gasteiger partial charge in [-0.2, -0.15) is 13.2 Å². The zero-order valence-corrected chi connectivity index (χ0v) is 19.3. The number of nitrogens with zero attached hydrogens (tertiary/aromatic N) is 1. The van der Waals surface area contributed by atoms with E-state index in [0.717, 1.165) is 10.9 Å². The van der Waals surface area contributed by atoms with Crippen molar-refractivity contribution in [3.05, 3.63) is 53.7 Å². The summed E-state index contributed by atoms with van der Waals surface area (Å²) in [6, 6.07) is 10.6. The van der Waals surface area contributed by atoms with Crippen LogP contribution in [-0.4, -0.2) is 49.9 Å². The molecule has 184 valence electrons. The molecule has 34 heavy (non-hydrogen) atoms. The first kappa shape index (κ1) is 25.4. The van der Waals surface area contributed by atoms with Crippen LogP contribution >= 0.6 is 0 Å². The van der Waals surface area contributed by atoms with E-state index in [4.69, 9.17) is 19.4 Å². The highest BCUT2D eigenvalue weighted by Crippen LogP contribution is 2.43. The number of aryl methyl sites for hydroxylation is 1. The van der Waals surface area contributed by atoms with Crippen LogP contribution in [0.1, 0.15) is 24.1 Å². The van der Waals surface area contributed by atoms with E-state index >= 15 is 0 Å². The molecule has 12 heteroatoms. The van der Waals surface area contributed by atoms with Crippen LogP contribution in [0.4, 0.5) is 13.2 Å². The number of hydrogen-bond acceptors (Lipinski definition) is 6. The molecule has 0 saturated heterocycles. The predicted octanol–water partition coefficient (Wildman–Crippen LogP) is 3.87. The summed E-state index contributed by atoms with van der Waals surface area (Å²) in [7, 11) is -2.16. The van der Waals surface area contributed by atoms with E-state index in [1.54, 1.807) is 44.5 Å². The third kappa shape index (κ3) is 4.82. The van der Waals surface area contributed by atoms with Gasteiger partial charge in [0.2, 0.25) is 0 Å². The highest BCUT2D eigenvalue weighted by molar-refractivity contribution is 7.90. The summed E-state index contributed by atoms with van der Waals surface area (Å²) in [5.74, 6) is -1.55. The molecule has 1 aromatic heterocycles. The molecule has 4 rings (SSSR count). The van der Waals surface area contributed by atoms with Gasteiger partial charge in [0.15, 0.2) is 11.5 Å². The van der Waals surface area contributed by atoms with Crippen LogP contribution in [0.15, 0.2) is 47.5 Å². The van der Waals surface area contributed by atoms with Gasteiger partial charge in [-0.3, -0.25) is 0 Å². The maximum atomic E-state index is 13.3. The van der Waals surface area contributed by atoms with E-state index in [-0.39, 0.29) is 6.04 Å². The first-order valence-electron chi connectivity index (χ1n) is 10.1. The molecule has 1 atom stereocenters. The number of rotatable bonds is 3. The lowest BCUT2D eigenvalue weighted by Crippen LogP contribution is -2.21. The molecule has 0 radical (unpaired) electrons. The average molecular weight is 500 g/mol. The molecule has 2 N–H and O–H groups in total. The maximum Gasteiger partial charge on any atom is 0.490 e. The molecule has 3 aromatic rings. The van der Waals surface area contributed by atoms with Crippen molar-refractivity contribution in [3.63, 3.8) is 0 Å². The van der Waals surface area contributed by atoms with Gasteiger partial charge in [0.25, 0.3) is 10.0 Å². The number of methoxy groups -OCH3 is 1. The summed E-state index contributed by atoms with van der Waals surface area (Å²) in [5, 5.41) is 11.4. The van der Waals surface area contributed by atoms with Gasteiger partial charge >= 0.3 is 12.1 Å². The topological polar surface area (TPSA) is 107 Å². The number of fused-ring (bicyclic) bond motifs is 3. The number of ether oxygens (including phenoxy) is 2. The van der Waals surface area contributed by atoms with Gasteiger partial charge in [-0.05, 0) is 31.5 Å². The number of carboxylic acids is 1. The van der Waals surface area contributed by atoms with E-state index < -0.39 is 22.2 Å². The van der Waals surface area contributed by atoms with Crippen LogP contribution in [0.25, 0.3) is 10.9 Å². The summed E-state index contributed by atoms with van der Waals surface area (Å²) in [5.41, 5.74) is 2.20. The minimum absolute atomic E-state index is 0.0112. The third-order valence-corrected chi connectivity index (χ3v) is 7.09. The molecular weight excluding hydrogens is 477 g/mol. The van der Waals surface area contributed by atoms with Crippen LogP contribution in [0, 0.1) is 6.92 Å². The summed E-state index contributed by atoms with van der Waals surface area (Å²) >= 11 is 0. The third-order valence-electron chi connectivity index (χ3n) is 5.24. The fourth-order valence-corrected chi connectivity index (χ4v) is 5.23. The zero-order chi connectivity index (χ0) is 25.3. The number of alkyl halides is 3. The lowest BCUT2D eigenvalue weighted by molar-refractivity contribution is -0.192. The van der Waals surface area contributed by atoms with Gasteiger partial charge in [0.1, 0.15) is 6.61 Å². The highest BCUT2D eigenvalue weighted by Gasteiger charge is 2.38. The Balaban J connectivity index is 0.000000406. The number of carboxylic acid groups (broad SMARTS) is 1. The van der Waals surface area contributed by atoms with Gasteiger partial charge in [0.05, 0.1) is 17.5 Å². The van der Waals surface area contributed by atoms with E-state index in [0.29, 0.717) is 40.6 Å². The Labute approximate surface area is 193 Å². The van der Waals surface area contributed by atoms with Gasteiger partial charge in [-0.25, -0.2) is 17.2 Å². The quantitative estimate of drug-likeness (QED) is 0.562. The Hall–Kier alpha value is -3.25. The van der Waals surface area contributed by atoms with Crippen molar-refractivity contribution in [2.24, 2.45) is 0 Å². The molecule has 2 aromatic carbocycles. The Morgan fingerprint density at radius 1 is 1.26 bits per heavy atom. The lowest BCUT2D eigenvalue weighted by atomic mass is 10.0. The second-order valence-corrected chi connectivity index (χ2v) is 9.25.